The molecule has 2 aromatic heterocycles. The standard InChI is InChI=1S/C34H43N5/c1-5-26(23-39-17-11-8-12-18-39)19-27(6-2)29-15-16-32-30(20-29)34(38-37-32)25(4)36-33-22-35-21-31(24(33)3)28-13-9-7-10-14-28/h5-6,15-16,19-22,28,36H,1,4,7-14,17-18,23H2,2-3H3,(H,37,38)/b26-19+,27-6+. The molecular formula is C34H43N5. The number of hydrogen-bond donors (Lipinski definition) is 2. The first-order valence-corrected chi connectivity index (χ1v) is 14.7. The first kappa shape index (κ1) is 27.1. The molecule has 2 aliphatic rings. The molecular weight excluding hydrogens is 478 g/mol. The average Bonchev–Trinajstić information content (AvgIpc) is 3.41. The second-order valence-electron chi connectivity index (χ2n) is 11.2. The second kappa shape index (κ2) is 12.6. The van der Waals surface area contributed by atoms with E-state index in [1.54, 1.807) is 0 Å². The Balaban J connectivity index is 1.38. The number of rotatable bonds is 9. The molecule has 3 aromatic rings. The van der Waals surface area contributed by atoms with E-state index in [4.69, 9.17) is 0 Å². The van der Waals surface area contributed by atoms with Crippen LogP contribution in [0.2, 0.25) is 0 Å². The fourth-order valence-electron chi connectivity index (χ4n) is 6.22. The van der Waals surface area contributed by atoms with Gasteiger partial charge in [0.1, 0.15) is 5.69 Å². The quantitative estimate of drug-likeness (QED) is 0.278. The number of nitrogens with zero attached hydrogens (tertiary/aromatic N) is 3. The maximum Gasteiger partial charge on any atom is 0.116 e. The lowest BCUT2D eigenvalue weighted by atomic mass is 9.83. The molecule has 5 heteroatoms. The van der Waals surface area contributed by atoms with E-state index in [2.05, 4.69) is 89.0 Å². The van der Waals surface area contributed by atoms with Gasteiger partial charge in [-0.15, -0.1) is 0 Å². The van der Waals surface area contributed by atoms with Crippen molar-refractivity contribution in [1.82, 2.24) is 20.1 Å². The molecule has 1 aliphatic heterocycles. The van der Waals surface area contributed by atoms with E-state index in [-0.39, 0.29) is 0 Å². The van der Waals surface area contributed by atoms with Crippen molar-refractivity contribution in [2.45, 2.75) is 71.1 Å². The van der Waals surface area contributed by atoms with Gasteiger partial charge in [0.25, 0.3) is 0 Å². The smallest absolute Gasteiger partial charge is 0.116 e. The van der Waals surface area contributed by atoms with Gasteiger partial charge in [-0.3, -0.25) is 15.0 Å². The topological polar surface area (TPSA) is 56.8 Å². The van der Waals surface area contributed by atoms with E-state index in [1.165, 1.54) is 86.7 Å². The molecule has 204 valence electrons. The molecule has 1 saturated heterocycles. The van der Waals surface area contributed by atoms with Crippen LogP contribution in [0.15, 0.2) is 67.6 Å². The summed E-state index contributed by atoms with van der Waals surface area (Å²) in [6, 6.07) is 6.49. The van der Waals surface area contributed by atoms with Crippen LogP contribution >= 0.6 is 0 Å². The number of anilines is 1. The molecule has 1 aromatic carbocycles. The lowest BCUT2D eigenvalue weighted by Gasteiger charge is -2.26. The zero-order valence-electron chi connectivity index (χ0n) is 23.7. The first-order valence-electron chi connectivity index (χ1n) is 14.7. The van der Waals surface area contributed by atoms with Crippen LogP contribution in [0.25, 0.3) is 22.2 Å². The van der Waals surface area contributed by atoms with Crippen molar-refractivity contribution in [3.63, 3.8) is 0 Å². The van der Waals surface area contributed by atoms with Crippen LogP contribution in [0, 0.1) is 6.92 Å². The summed E-state index contributed by atoms with van der Waals surface area (Å²) in [6.45, 7) is 16.1. The molecule has 1 saturated carbocycles. The number of H-pyrrole nitrogens is 1. The minimum atomic E-state index is 0.609. The summed E-state index contributed by atoms with van der Waals surface area (Å²) in [5.74, 6) is 0.609. The van der Waals surface area contributed by atoms with Gasteiger partial charge in [-0.2, -0.15) is 5.10 Å². The molecule has 2 N–H and O–H groups in total. The zero-order chi connectivity index (χ0) is 27.2. The van der Waals surface area contributed by atoms with Gasteiger partial charge in [0, 0.05) is 18.1 Å². The molecule has 5 rings (SSSR count). The zero-order valence-corrected chi connectivity index (χ0v) is 23.7. The molecule has 5 nitrogen and oxygen atoms in total. The van der Waals surface area contributed by atoms with Gasteiger partial charge in [-0.25, -0.2) is 0 Å². The molecule has 39 heavy (non-hydrogen) atoms. The number of benzene rings is 1. The highest BCUT2D eigenvalue weighted by molar-refractivity contribution is 5.95. The fraction of sp³-hybridized carbons (Fsp3) is 0.412. The third-order valence-corrected chi connectivity index (χ3v) is 8.54. The largest absolute Gasteiger partial charge is 0.353 e. The monoisotopic (exact) mass is 521 g/mol. The van der Waals surface area contributed by atoms with Gasteiger partial charge in [-0.1, -0.05) is 63.1 Å². The summed E-state index contributed by atoms with van der Waals surface area (Å²) >= 11 is 0. The van der Waals surface area contributed by atoms with Crippen LogP contribution in [-0.4, -0.2) is 39.7 Å². The van der Waals surface area contributed by atoms with Crippen molar-refractivity contribution in [2.24, 2.45) is 0 Å². The highest BCUT2D eigenvalue weighted by Gasteiger charge is 2.20. The molecule has 0 amide bonds. The van der Waals surface area contributed by atoms with Crippen LogP contribution in [0.3, 0.4) is 0 Å². The normalized spacial score (nSPS) is 17.9. The molecule has 2 fully saturated rings. The average molecular weight is 522 g/mol. The number of fused-ring (bicyclic) bond motifs is 1. The Morgan fingerprint density at radius 3 is 2.62 bits per heavy atom. The van der Waals surface area contributed by atoms with E-state index in [9.17, 15) is 0 Å². The van der Waals surface area contributed by atoms with E-state index < -0.39 is 0 Å². The Hall–Kier alpha value is -3.44. The van der Waals surface area contributed by atoms with Gasteiger partial charge in [0.15, 0.2) is 0 Å². The van der Waals surface area contributed by atoms with Crippen LogP contribution in [0.4, 0.5) is 5.69 Å². The Labute approximate surface area is 233 Å². The fourth-order valence-corrected chi connectivity index (χ4v) is 6.22. The molecule has 0 bridgehead atoms. The molecule has 0 radical (unpaired) electrons. The van der Waals surface area contributed by atoms with Crippen molar-refractivity contribution in [3.8, 4) is 0 Å². The lowest BCUT2D eigenvalue weighted by molar-refractivity contribution is 0.248. The predicted octanol–water partition coefficient (Wildman–Crippen LogP) is 8.40. The van der Waals surface area contributed by atoms with Gasteiger partial charge in [0.05, 0.1) is 23.1 Å². The number of aromatic nitrogens is 3. The number of pyridine rings is 1. The van der Waals surface area contributed by atoms with Crippen molar-refractivity contribution in [3.05, 3.63) is 89.9 Å². The number of aromatic amines is 1. The summed E-state index contributed by atoms with van der Waals surface area (Å²) in [6.07, 6.45) is 20.9. The van der Waals surface area contributed by atoms with E-state index in [1.807, 2.05) is 12.3 Å². The highest BCUT2D eigenvalue weighted by Crippen LogP contribution is 2.36. The first-order chi connectivity index (χ1) is 19.1. The van der Waals surface area contributed by atoms with Crippen LogP contribution in [0.5, 0.6) is 0 Å². The number of likely N-dealkylation sites (tertiary alicyclic amines) is 1. The predicted molar refractivity (Wildman–Crippen MR) is 166 cm³/mol. The minimum Gasteiger partial charge on any atom is -0.353 e. The summed E-state index contributed by atoms with van der Waals surface area (Å²) in [7, 11) is 0. The Bertz CT molecular complexity index is 1380. The van der Waals surface area contributed by atoms with Crippen molar-refractivity contribution < 1.29 is 0 Å². The maximum atomic E-state index is 4.65. The van der Waals surface area contributed by atoms with Gasteiger partial charge in [0.2, 0.25) is 0 Å². The third-order valence-electron chi connectivity index (χ3n) is 8.54. The van der Waals surface area contributed by atoms with Crippen molar-refractivity contribution >= 4 is 27.9 Å². The number of nitrogens with one attached hydrogen (secondary N) is 2. The van der Waals surface area contributed by atoms with E-state index in [0.29, 0.717) is 5.92 Å². The SMILES string of the molecule is C=C/C(=C\C(=C/C)c1ccc2[nH]nc(C(=C)Nc3cncc(C4CCCCC4)c3C)c2c1)CN1CCCCC1. The van der Waals surface area contributed by atoms with Crippen LogP contribution in [0.1, 0.15) is 86.6 Å². The summed E-state index contributed by atoms with van der Waals surface area (Å²) in [5, 5.41) is 12.5. The van der Waals surface area contributed by atoms with Crippen molar-refractivity contribution in [1.29, 1.82) is 0 Å². The summed E-state index contributed by atoms with van der Waals surface area (Å²) < 4.78 is 0. The van der Waals surface area contributed by atoms with Crippen LogP contribution in [-0.2, 0) is 0 Å². The number of piperidine rings is 1. The van der Waals surface area contributed by atoms with Gasteiger partial charge in [-0.05, 0) is 98.5 Å². The Morgan fingerprint density at radius 2 is 1.87 bits per heavy atom. The summed E-state index contributed by atoms with van der Waals surface area (Å²) in [4.78, 5) is 7.12. The summed E-state index contributed by atoms with van der Waals surface area (Å²) in [5.41, 5.74) is 9.87. The van der Waals surface area contributed by atoms with Gasteiger partial charge >= 0.3 is 0 Å². The highest BCUT2D eigenvalue weighted by atomic mass is 15.1. The molecule has 0 atom stereocenters. The van der Waals surface area contributed by atoms with Crippen LogP contribution < -0.4 is 5.32 Å². The molecule has 0 unspecified atom stereocenters. The second-order valence-corrected chi connectivity index (χ2v) is 11.2. The molecule has 3 heterocycles. The minimum absolute atomic E-state index is 0.609. The number of hydrogen-bond acceptors (Lipinski definition) is 4. The molecule has 0 spiro atoms. The molecule has 1 aliphatic carbocycles. The maximum absolute atomic E-state index is 4.65. The Kier molecular flexibility index (Phi) is 8.77. The number of allylic oxidation sites excluding steroid dienone is 3. The third kappa shape index (κ3) is 6.25. The van der Waals surface area contributed by atoms with E-state index in [0.717, 1.165) is 40.1 Å². The Morgan fingerprint density at radius 1 is 1.10 bits per heavy atom. The van der Waals surface area contributed by atoms with Crippen molar-refractivity contribution in [2.75, 3.05) is 25.0 Å². The van der Waals surface area contributed by atoms with E-state index >= 15 is 0 Å². The lowest BCUT2D eigenvalue weighted by Crippen LogP contribution is -2.31. The van der Waals surface area contributed by atoms with Gasteiger partial charge < -0.3 is 5.32 Å².